The van der Waals surface area contributed by atoms with E-state index >= 15 is 0 Å². The Labute approximate surface area is 226 Å². The Balaban J connectivity index is 1.33. The standard InChI is InChI=1S/C28H22ClF3N4O3/c29-24-6-4-20(15-23(24)28(30,31)32)35-27(37)18-2-1-17-3-5-21(14-19(17)13-18)39-22-7-8-34-25(16-22)26(33)36-9-11-38-12-10-36/h1-8,13-16,33H,9-12H2,(H,35,37). The highest BCUT2D eigenvalue weighted by Gasteiger charge is 2.33. The van der Waals surface area contributed by atoms with Crippen LogP contribution in [0.2, 0.25) is 5.02 Å². The van der Waals surface area contributed by atoms with Crippen molar-refractivity contribution in [3.8, 4) is 11.5 Å². The van der Waals surface area contributed by atoms with Crippen molar-refractivity contribution in [1.29, 1.82) is 5.41 Å². The van der Waals surface area contributed by atoms with Crippen LogP contribution in [-0.2, 0) is 10.9 Å². The zero-order chi connectivity index (χ0) is 27.6. The largest absolute Gasteiger partial charge is 0.457 e. The summed E-state index contributed by atoms with van der Waals surface area (Å²) in [7, 11) is 0. The normalized spacial score (nSPS) is 13.8. The molecule has 1 aromatic heterocycles. The van der Waals surface area contributed by atoms with E-state index in [0.717, 1.165) is 17.5 Å². The fourth-order valence-corrected chi connectivity index (χ4v) is 4.37. The Morgan fingerprint density at radius 1 is 0.974 bits per heavy atom. The lowest BCUT2D eigenvalue weighted by molar-refractivity contribution is -0.137. The zero-order valence-electron chi connectivity index (χ0n) is 20.4. The monoisotopic (exact) mass is 554 g/mol. The number of anilines is 1. The molecule has 1 amide bonds. The van der Waals surface area contributed by atoms with Crippen LogP contribution in [-0.4, -0.2) is 47.9 Å². The molecular formula is C28H22ClF3N4O3. The summed E-state index contributed by atoms with van der Waals surface area (Å²) >= 11 is 5.67. The van der Waals surface area contributed by atoms with Gasteiger partial charge in [0.1, 0.15) is 23.0 Å². The molecule has 2 heterocycles. The molecule has 0 radical (unpaired) electrons. The number of benzene rings is 3. The topological polar surface area (TPSA) is 87.5 Å². The first kappa shape index (κ1) is 26.5. The van der Waals surface area contributed by atoms with E-state index in [4.69, 9.17) is 26.5 Å². The molecule has 200 valence electrons. The first-order valence-electron chi connectivity index (χ1n) is 11.9. The number of hydrogen-bond acceptors (Lipinski definition) is 5. The smallest absolute Gasteiger partial charge is 0.417 e. The molecule has 0 bridgehead atoms. The molecule has 1 aliphatic heterocycles. The van der Waals surface area contributed by atoms with Crippen LogP contribution in [0.25, 0.3) is 10.8 Å². The number of ether oxygens (including phenoxy) is 2. The minimum absolute atomic E-state index is 0.0231. The van der Waals surface area contributed by atoms with Gasteiger partial charge in [0, 0.05) is 36.6 Å². The van der Waals surface area contributed by atoms with Crippen LogP contribution >= 0.6 is 11.6 Å². The molecule has 2 N–H and O–H groups in total. The van der Waals surface area contributed by atoms with E-state index in [1.54, 1.807) is 48.7 Å². The van der Waals surface area contributed by atoms with E-state index in [2.05, 4.69) is 10.3 Å². The van der Waals surface area contributed by atoms with Crippen molar-refractivity contribution >= 4 is 39.8 Å². The molecule has 11 heteroatoms. The number of alkyl halides is 3. The number of fused-ring (bicyclic) bond motifs is 1. The van der Waals surface area contributed by atoms with Crippen LogP contribution in [0, 0.1) is 5.41 Å². The number of carbonyl (C=O) groups excluding carboxylic acids is 1. The zero-order valence-corrected chi connectivity index (χ0v) is 21.1. The molecule has 0 saturated carbocycles. The molecular weight excluding hydrogens is 533 g/mol. The molecule has 1 saturated heterocycles. The average Bonchev–Trinajstić information content (AvgIpc) is 2.93. The maximum absolute atomic E-state index is 13.2. The average molecular weight is 555 g/mol. The Morgan fingerprint density at radius 2 is 1.72 bits per heavy atom. The molecule has 0 unspecified atom stereocenters. The third-order valence-electron chi connectivity index (χ3n) is 6.14. The van der Waals surface area contributed by atoms with Crippen LogP contribution in [0.1, 0.15) is 21.6 Å². The number of halogens is 4. The van der Waals surface area contributed by atoms with Gasteiger partial charge in [0.2, 0.25) is 0 Å². The Morgan fingerprint density at radius 3 is 2.49 bits per heavy atom. The van der Waals surface area contributed by atoms with E-state index < -0.39 is 22.7 Å². The first-order chi connectivity index (χ1) is 18.7. The molecule has 4 aromatic rings. The number of carbonyl (C=O) groups is 1. The fourth-order valence-electron chi connectivity index (χ4n) is 4.14. The van der Waals surface area contributed by atoms with Gasteiger partial charge >= 0.3 is 6.18 Å². The van der Waals surface area contributed by atoms with Crippen molar-refractivity contribution in [3.05, 3.63) is 94.8 Å². The van der Waals surface area contributed by atoms with E-state index in [1.165, 1.54) is 6.07 Å². The first-order valence-corrected chi connectivity index (χ1v) is 12.3. The van der Waals surface area contributed by atoms with Gasteiger partial charge in [-0.05, 0) is 59.3 Å². The van der Waals surface area contributed by atoms with Crippen molar-refractivity contribution in [3.63, 3.8) is 0 Å². The SMILES string of the molecule is N=C(c1cc(Oc2ccc3ccc(C(=O)Nc4ccc(Cl)c(C(F)(F)F)c4)cc3c2)ccn1)N1CCOCC1. The molecule has 39 heavy (non-hydrogen) atoms. The predicted octanol–water partition coefficient (Wildman–Crippen LogP) is 6.61. The summed E-state index contributed by atoms with van der Waals surface area (Å²) in [5, 5.41) is 12.0. The van der Waals surface area contributed by atoms with E-state index in [9.17, 15) is 18.0 Å². The lowest BCUT2D eigenvalue weighted by atomic mass is 10.1. The minimum Gasteiger partial charge on any atom is -0.457 e. The number of aromatic nitrogens is 1. The summed E-state index contributed by atoms with van der Waals surface area (Å²) in [6.45, 7) is 2.36. The number of nitrogens with zero attached hydrogens (tertiary/aromatic N) is 2. The third kappa shape index (κ3) is 6.13. The van der Waals surface area contributed by atoms with Crippen molar-refractivity contribution in [2.75, 3.05) is 31.6 Å². The van der Waals surface area contributed by atoms with Crippen LogP contribution in [0.5, 0.6) is 11.5 Å². The number of morpholine rings is 1. The number of amides is 1. The molecule has 0 atom stereocenters. The van der Waals surface area contributed by atoms with Gasteiger partial charge in [0.05, 0.1) is 23.8 Å². The van der Waals surface area contributed by atoms with Crippen molar-refractivity contribution in [1.82, 2.24) is 9.88 Å². The van der Waals surface area contributed by atoms with E-state index in [1.807, 2.05) is 11.0 Å². The Bertz CT molecular complexity index is 1560. The molecule has 0 spiro atoms. The van der Waals surface area contributed by atoms with Crippen molar-refractivity contribution in [2.24, 2.45) is 0 Å². The molecule has 0 aliphatic carbocycles. The second-order valence-electron chi connectivity index (χ2n) is 8.80. The van der Waals surface area contributed by atoms with E-state index in [-0.39, 0.29) is 11.3 Å². The number of rotatable bonds is 5. The van der Waals surface area contributed by atoms with Crippen LogP contribution < -0.4 is 10.1 Å². The third-order valence-corrected chi connectivity index (χ3v) is 6.47. The molecule has 1 fully saturated rings. The van der Waals surface area contributed by atoms with Crippen molar-refractivity contribution in [2.45, 2.75) is 6.18 Å². The maximum Gasteiger partial charge on any atom is 0.417 e. The van der Waals surface area contributed by atoms with Crippen LogP contribution in [0.3, 0.4) is 0 Å². The molecule has 7 nitrogen and oxygen atoms in total. The number of amidine groups is 1. The number of nitrogens with one attached hydrogen (secondary N) is 2. The second kappa shape index (κ2) is 10.9. The van der Waals surface area contributed by atoms with Gasteiger partial charge in [0.15, 0.2) is 0 Å². The van der Waals surface area contributed by atoms with Crippen LogP contribution in [0.4, 0.5) is 18.9 Å². The summed E-state index contributed by atoms with van der Waals surface area (Å²) < 4.78 is 50.9. The fraction of sp³-hybridized carbons (Fsp3) is 0.179. The van der Waals surface area contributed by atoms with Crippen molar-refractivity contribution < 1.29 is 27.4 Å². The second-order valence-corrected chi connectivity index (χ2v) is 9.20. The Kier molecular flexibility index (Phi) is 7.40. The maximum atomic E-state index is 13.2. The molecule has 5 rings (SSSR count). The van der Waals surface area contributed by atoms with Crippen LogP contribution in [0.15, 0.2) is 72.9 Å². The highest BCUT2D eigenvalue weighted by Crippen LogP contribution is 2.36. The molecule has 3 aromatic carbocycles. The lowest BCUT2D eigenvalue weighted by Crippen LogP contribution is -2.41. The van der Waals surface area contributed by atoms with Gasteiger partial charge in [-0.25, -0.2) is 0 Å². The predicted molar refractivity (Wildman–Crippen MR) is 142 cm³/mol. The highest BCUT2D eigenvalue weighted by atomic mass is 35.5. The van der Waals surface area contributed by atoms with Gasteiger partial charge in [-0.15, -0.1) is 0 Å². The summed E-state index contributed by atoms with van der Waals surface area (Å²) in [5.41, 5.74) is -0.315. The van der Waals surface area contributed by atoms with Gasteiger partial charge < -0.3 is 19.7 Å². The summed E-state index contributed by atoms with van der Waals surface area (Å²) in [6, 6.07) is 16.9. The van der Waals surface area contributed by atoms with Gasteiger partial charge in [-0.1, -0.05) is 23.7 Å². The minimum atomic E-state index is -4.64. The molecule has 1 aliphatic rings. The summed E-state index contributed by atoms with van der Waals surface area (Å²) in [4.78, 5) is 19.0. The Hall–Kier alpha value is -4.15. The summed E-state index contributed by atoms with van der Waals surface area (Å²) in [5.74, 6) is 0.720. The van der Waals surface area contributed by atoms with E-state index in [0.29, 0.717) is 54.7 Å². The number of hydrogen-bond donors (Lipinski definition) is 2. The quantitative estimate of drug-likeness (QED) is 0.214. The highest BCUT2D eigenvalue weighted by molar-refractivity contribution is 6.31. The van der Waals surface area contributed by atoms with Gasteiger partial charge in [0.25, 0.3) is 5.91 Å². The summed E-state index contributed by atoms with van der Waals surface area (Å²) in [6.07, 6.45) is -3.07. The lowest BCUT2D eigenvalue weighted by Gasteiger charge is -2.28. The number of pyridine rings is 1. The van der Waals surface area contributed by atoms with Gasteiger partial charge in [-0.2, -0.15) is 13.2 Å². The van der Waals surface area contributed by atoms with Gasteiger partial charge in [-0.3, -0.25) is 15.2 Å².